The monoisotopic (exact) mass is 468 g/mol. The number of ketones is 1. The maximum atomic E-state index is 14.4. The Morgan fingerprint density at radius 3 is 2.65 bits per heavy atom. The van der Waals surface area contributed by atoms with Crippen molar-refractivity contribution >= 4 is 29.7 Å². The van der Waals surface area contributed by atoms with Gasteiger partial charge < -0.3 is 19.5 Å². The molecule has 1 N–H and O–H groups in total. The fraction of sp³-hybridized carbons (Fsp3) is 0.440. The number of aryl methyl sites for hydroxylation is 1. The summed E-state index contributed by atoms with van der Waals surface area (Å²) in [7, 11) is 1.90. The zero-order valence-corrected chi connectivity index (χ0v) is 19.5. The lowest BCUT2D eigenvalue weighted by atomic mass is 10.0. The maximum Gasteiger partial charge on any atom is 0.251 e. The fourth-order valence-corrected chi connectivity index (χ4v) is 4.41. The number of hydrogen-bond donors (Lipinski definition) is 1. The molecular weight excluding hydrogens is 439 g/mol. The Hall–Kier alpha value is -3.33. The summed E-state index contributed by atoms with van der Waals surface area (Å²) < 4.78 is 21.5. The van der Waals surface area contributed by atoms with E-state index < -0.39 is 36.2 Å². The molecule has 34 heavy (non-hydrogen) atoms. The second kappa shape index (κ2) is 9.89. The fourth-order valence-electron chi connectivity index (χ4n) is 4.41. The van der Waals surface area contributed by atoms with E-state index in [-0.39, 0.29) is 24.9 Å². The van der Waals surface area contributed by atoms with Crippen LogP contribution in [0.2, 0.25) is 0 Å². The standard InChI is InChI=1S/C25H29FN4O4/c1-15(2)10-20(25(33)30-12-19(26)23-22(30)21(31)13-34-23)28-24(32)17-7-4-16(5-8-17)6-9-18-11-27-14-29(18)3/h4-9,11,14-15,19-20,22-23H,10,12-13H2,1-3H3,(H,28,32)/t19-,20-,22+,23+/m0/s1. The van der Waals surface area contributed by atoms with Crippen LogP contribution in [0.5, 0.6) is 0 Å². The van der Waals surface area contributed by atoms with Gasteiger partial charge in [0.2, 0.25) is 5.91 Å². The topological polar surface area (TPSA) is 93.5 Å². The van der Waals surface area contributed by atoms with Gasteiger partial charge in [-0.3, -0.25) is 14.4 Å². The van der Waals surface area contributed by atoms with Crippen LogP contribution in [0, 0.1) is 5.92 Å². The number of Topliss-reactive ketones (excluding diaryl/α,β-unsaturated/α-hetero) is 1. The number of alkyl halides is 1. The molecule has 180 valence electrons. The molecule has 0 aliphatic carbocycles. The number of fused-ring (bicyclic) bond motifs is 1. The molecule has 3 heterocycles. The van der Waals surface area contributed by atoms with Crippen molar-refractivity contribution in [2.75, 3.05) is 13.2 Å². The first kappa shape index (κ1) is 23.8. The van der Waals surface area contributed by atoms with E-state index in [1.165, 1.54) is 4.90 Å². The van der Waals surface area contributed by atoms with Crippen molar-refractivity contribution in [3.05, 3.63) is 53.6 Å². The zero-order valence-electron chi connectivity index (χ0n) is 19.5. The molecule has 2 aromatic rings. The van der Waals surface area contributed by atoms with E-state index >= 15 is 0 Å². The van der Waals surface area contributed by atoms with Crippen LogP contribution in [-0.4, -0.2) is 69.6 Å². The molecule has 2 amide bonds. The number of hydrogen-bond acceptors (Lipinski definition) is 5. The van der Waals surface area contributed by atoms with Crippen molar-refractivity contribution in [2.45, 2.75) is 44.6 Å². The third-order valence-electron chi connectivity index (χ3n) is 6.19. The first-order valence-corrected chi connectivity index (χ1v) is 11.4. The Bertz CT molecular complexity index is 1090. The smallest absolute Gasteiger partial charge is 0.251 e. The molecule has 0 radical (unpaired) electrons. The maximum absolute atomic E-state index is 14.4. The van der Waals surface area contributed by atoms with Gasteiger partial charge in [0.15, 0.2) is 5.78 Å². The van der Waals surface area contributed by atoms with E-state index in [1.807, 2.05) is 49.7 Å². The summed E-state index contributed by atoms with van der Waals surface area (Å²) in [5.41, 5.74) is 2.26. The van der Waals surface area contributed by atoms with Crippen LogP contribution < -0.4 is 5.32 Å². The van der Waals surface area contributed by atoms with E-state index in [1.54, 1.807) is 24.7 Å². The Labute approximate surface area is 197 Å². The largest absolute Gasteiger partial charge is 0.365 e. The van der Waals surface area contributed by atoms with Gasteiger partial charge in [-0.25, -0.2) is 9.37 Å². The number of rotatable bonds is 7. The van der Waals surface area contributed by atoms with E-state index in [4.69, 9.17) is 4.74 Å². The highest BCUT2D eigenvalue weighted by Gasteiger charge is 2.53. The van der Waals surface area contributed by atoms with Gasteiger partial charge >= 0.3 is 0 Å². The van der Waals surface area contributed by atoms with Crippen molar-refractivity contribution < 1.29 is 23.5 Å². The number of aromatic nitrogens is 2. The first-order chi connectivity index (χ1) is 16.2. The first-order valence-electron chi connectivity index (χ1n) is 11.4. The van der Waals surface area contributed by atoms with Gasteiger partial charge in [-0.15, -0.1) is 0 Å². The van der Waals surface area contributed by atoms with Gasteiger partial charge in [0.05, 0.1) is 24.8 Å². The van der Waals surface area contributed by atoms with Gasteiger partial charge in [0.1, 0.15) is 31.0 Å². The summed E-state index contributed by atoms with van der Waals surface area (Å²) in [6, 6.07) is 5.22. The number of imidazole rings is 1. The Morgan fingerprint density at radius 2 is 2.00 bits per heavy atom. The van der Waals surface area contributed by atoms with Crippen LogP contribution >= 0.6 is 0 Å². The van der Waals surface area contributed by atoms with E-state index in [9.17, 15) is 18.8 Å². The number of halogens is 1. The zero-order chi connectivity index (χ0) is 24.4. The molecular formula is C25H29FN4O4. The minimum Gasteiger partial charge on any atom is -0.365 e. The van der Waals surface area contributed by atoms with Crippen molar-refractivity contribution in [1.82, 2.24) is 19.8 Å². The van der Waals surface area contributed by atoms with Gasteiger partial charge in [-0.05, 0) is 36.1 Å². The van der Waals surface area contributed by atoms with Crippen LogP contribution in [0.25, 0.3) is 12.2 Å². The molecule has 2 aliphatic heterocycles. The minimum atomic E-state index is -1.41. The van der Waals surface area contributed by atoms with Crippen LogP contribution in [-0.2, 0) is 21.4 Å². The number of nitrogens with one attached hydrogen (secondary N) is 1. The quantitative estimate of drug-likeness (QED) is 0.673. The number of ether oxygens (including phenoxy) is 1. The molecule has 0 spiro atoms. The normalized spacial score (nSPS) is 23.0. The lowest BCUT2D eigenvalue weighted by molar-refractivity contribution is -0.138. The number of nitrogens with zero attached hydrogens (tertiary/aromatic N) is 3. The van der Waals surface area contributed by atoms with Crippen LogP contribution in [0.1, 0.15) is 41.9 Å². The van der Waals surface area contributed by atoms with Crippen molar-refractivity contribution in [2.24, 2.45) is 13.0 Å². The highest BCUT2D eigenvalue weighted by molar-refractivity contribution is 5.99. The van der Waals surface area contributed by atoms with Crippen molar-refractivity contribution in [1.29, 1.82) is 0 Å². The lowest BCUT2D eigenvalue weighted by Crippen LogP contribution is -2.52. The minimum absolute atomic E-state index is 0.101. The summed E-state index contributed by atoms with van der Waals surface area (Å²) in [4.78, 5) is 43.7. The van der Waals surface area contributed by atoms with Gasteiger partial charge in [-0.2, -0.15) is 0 Å². The summed E-state index contributed by atoms with van der Waals surface area (Å²) in [5.74, 6) is -1.05. The van der Waals surface area contributed by atoms with Gasteiger partial charge in [0.25, 0.3) is 5.91 Å². The number of likely N-dealkylation sites (tertiary alicyclic amines) is 1. The molecule has 0 bridgehead atoms. The number of benzene rings is 1. The number of carbonyl (C=O) groups excluding carboxylic acids is 3. The Morgan fingerprint density at radius 1 is 1.26 bits per heavy atom. The van der Waals surface area contributed by atoms with Crippen LogP contribution in [0.4, 0.5) is 4.39 Å². The van der Waals surface area contributed by atoms with E-state index in [0.717, 1.165) is 11.3 Å². The predicted octanol–water partition coefficient (Wildman–Crippen LogP) is 2.25. The third kappa shape index (κ3) is 4.94. The molecule has 1 aromatic heterocycles. The molecule has 0 unspecified atom stereocenters. The van der Waals surface area contributed by atoms with Gasteiger partial charge in [-0.1, -0.05) is 32.1 Å². The lowest BCUT2D eigenvalue weighted by Gasteiger charge is -2.28. The Kier molecular flexibility index (Phi) is 6.92. The molecule has 2 fully saturated rings. The Balaban J connectivity index is 1.45. The average molecular weight is 469 g/mol. The van der Waals surface area contributed by atoms with Gasteiger partial charge in [0, 0.05) is 12.6 Å². The summed E-state index contributed by atoms with van der Waals surface area (Å²) in [6.45, 7) is 3.47. The second-order valence-corrected chi connectivity index (χ2v) is 9.23. The molecule has 4 rings (SSSR count). The predicted molar refractivity (Wildman–Crippen MR) is 124 cm³/mol. The second-order valence-electron chi connectivity index (χ2n) is 9.23. The van der Waals surface area contributed by atoms with E-state index in [0.29, 0.717) is 12.0 Å². The molecule has 1 aromatic carbocycles. The third-order valence-corrected chi connectivity index (χ3v) is 6.19. The summed E-state index contributed by atoms with van der Waals surface area (Å²) >= 11 is 0. The summed E-state index contributed by atoms with van der Waals surface area (Å²) in [5, 5.41) is 2.80. The van der Waals surface area contributed by atoms with E-state index in [2.05, 4.69) is 10.3 Å². The van der Waals surface area contributed by atoms with Crippen molar-refractivity contribution in [3.63, 3.8) is 0 Å². The molecule has 2 saturated heterocycles. The van der Waals surface area contributed by atoms with Crippen LogP contribution in [0.15, 0.2) is 36.8 Å². The molecule has 8 nitrogen and oxygen atoms in total. The molecule has 9 heteroatoms. The number of carbonyl (C=O) groups is 3. The van der Waals surface area contributed by atoms with Crippen LogP contribution in [0.3, 0.4) is 0 Å². The number of amides is 2. The summed E-state index contributed by atoms with van der Waals surface area (Å²) in [6.07, 6.45) is 5.35. The average Bonchev–Trinajstić information content (AvgIpc) is 3.49. The highest BCUT2D eigenvalue weighted by atomic mass is 19.1. The highest BCUT2D eigenvalue weighted by Crippen LogP contribution is 2.30. The molecule has 2 aliphatic rings. The molecule has 4 atom stereocenters. The van der Waals surface area contributed by atoms with Crippen molar-refractivity contribution in [3.8, 4) is 0 Å². The SMILES string of the molecule is CC(C)C[C@H](NC(=O)c1ccc(C=Cc2cncn2C)cc1)C(=O)N1C[C@H](F)[C@H]2OCC(=O)[C@H]21. The molecule has 0 saturated carbocycles.